The number of hydrogen-bond donors (Lipinski definition) is 0. The van der Waals surface area contributed by atoms with Crippen molar-refractivity contribution >= 4 is 44.4 Å². The molecule has 1 aliphatic heterocycles. The maximum atomic E-state index is 5.92. The van der Waals surface area contributed by atoms with Crippen LogP contribution in [0.4, 0.5) is 0 Å². The van der Waals surface area contributed by atoms with Crippen LogP contribution in [-0.2, 0) is 11.3 Å². The number of halogens is 3. The van der Waals surface area contributed by atoms with Gasteiger partial charge in [0.15, 0.2) is 6.29 Å². The molecule has 0 saturated heterocycles. The summed E-state index contributed by atoms with van der Waals surface area (Å²) in [5.41, 5.74) is 0.935. The standard InChI is InChI=1S/C9H9Cl3O2Si/c1-6-13-5-7-4-8(15(10,11)12)2-3-9(7)14-6/h2-4,6H,5H2,1H3. The quantitative estimate of drug-likeness (QED) is 0.583. The minimum Gasteiger partial charge on any atom is -0.465 e. The summed E-state index contributed by atoms with van der Waals surface area (Å²) in [6.07, 6.45) is -0.214. The summed E-state index contributed by atoms with van der Waals surface area (Å²) >= 11 is 17.8. The first kappa shape index (κ1) is 11.5. The molecular weight excluding hydrogens is 275 g/mol. The zero-order valence-corrected chi connectivity index (χ0v) is 11.2. The summed E-state index contributed by atoms with van der Waals surface area (Å²) in [6.45, 7) is 2.35. The summed E-state index contributed by atoms with van der Waals surface area (Å²) in [4.78, 5) is 0. The van der Waals surface area contributed by atoms with Crippen LogP contribution >= 0.6 is 33.2 Å². The van der Waals surface area contributed by atoms with Gasteiger partial charge < -0.3 is 9.47 Å². The van der Waals surface area contributed by atoms with Crippen molar-refractivity contribution in [3.8, 4) is 5.75 Å². The van der Waals surface area contributed by atoms with Gasteiger partial charge in [0.1, 0.15) is 5.75 Å². The van der Waals surface area contributed by atoms with E-state index < -0.39 is 6.00 Å². The Labute approximate surface area is 103 Å². The van der Waals surface area contributed by atoms with Gasteiger partial charge in [-0.2, -0.15) is 0 Å². The third kappa shape index (κ3) is 2.60. The third-order valence-corrected chi connectivity index (χ3v) is 5.08. The lowest BCUT2D eigenvalue weighted by atomic mass is 10.2. The Morgan fingerprint density at radius 3 is 2.73 bits per heavy atom. The van der Waals surface area contributed by atoms with Crippen molar-refractivity contribution < 1.29 is 9.47 Å². The Kier molecular flexibility index (Phi) is 3.19. The van der Waals surface area contributed by atoms with E-state index in [0.29, 0.717) is 6.61 Å². The van der Waals surface area contributed by atoms with Gasteiger partial charge in [0.2, 0.25) is 0 Å². The van der Waals surface area contributed by atoms with E-state index in [-0.39, 0.29) is 6.29 Å². The maximum absolute atomic E-state index is 5.92. The van der Waals surface area contributed by atoms with Crippen molar-refractivity contribution in [3.63, 3.8) is 0 Å². The zero-order chi connectivity index (χ0) is 11.1. The highest BCUT2D eigenvalue weighted by molar-refractivity contribution is 7.69. The van der Waals surface area contributed by atoms with Crippen molar-refractivity contribution in [1.82, 2.24) is 0 Å². The lowest BCUT2D eigenvalue weighted by molar-refractivity contribution is -0.0943. The molecule has 82 valence electrons. The Balaban J connectivity index is 2.35. The molecule has 0 saturated carbocycles. The van der Waals surface area contributed by atoms with Gasteiger partial charge in [-0.15, -0.1) is 33.2 Å². The first-order valence-electron chi connectivity index (χ1n) is 4.45. The largest absolute Gasteiger partial charge is 0.465 e. The van der Waals surface area contributed by atoms with Crippen LogP contribution in [0.5, 0.6) is 5.75 Å². The molecule has 6 heteroatoms. The van der Waals surface area contributed by atoms with Gasteiger partial charge in [0.25, 0.3) is 0 Å². The molecule has 2 nitrogen and oxygen atoms in total. The van der Waals surface area contributed by atoms with Crippen LogP contribution in [0, 0.1) is 0 Å². The van der Waals surface area contributed by atoms with Crippen LogP contribution in [0.1, 0.15) is 12.5 Å². The molecule has 0 radical (unpaired) electrons. The molecular formula is C9H9Cl3O2Si. The summed E-state index contributed by atoms with van der Waals surface area (Å²) in [7, 11) is 0. The van der Waals surface area contributed by atoms with E-state index in [9.17, 15) is 0 Å². The van der Waals surface area contributed by atoms with Gasteiger partial charge in [-0.1, -0.05) is 12.1 Å². The minimum absolute atomic E-state index is 0.214. The summed E-state index contributed by atoms with van der Waals surface area (Å²) in [6, 6.07) is 2.68. The molecule has 1 atom stereocenters. The second-order valence-corrected chi connectivity index (χ2v) is 11.7. The van der Waals surface area contributed by atoms with Gasteiger partial charge in [-0.3, -0.25) is 0 Å². The molecule has 1 aromatic rings. The van der Waals surface area contributed by atoms with E-state index in [1.165, 1.54) is 0 Å². The Morgan fingerprint density at radius 1 is 1.33 bits per heavy atom. The van der Waals surface area contributed by atoms with Crippen molar-refractivity contribution in [2.75, 3.05) is 0 Å². The van der Waals surface area contributed by atoms with Crippen molar-refractivity contribution in [2.24, 2.45) is 0 Å². The van der Waals surface area contributed by atoms with Crippen LogP contribution in [-0.4, -0.2) is 12.3 Å². The molecule has 0 amide bonds. The second kappa shape index (κ2) is 4.15. The summed E-state index contributed by atoms with van der Waals surface area (Å²) in [5.74, 6) is 0.806. The Hall–Kier alpha value is 0.0669. The molecule has 1 aromatic carbocycles. The van der Waals surface area contributed by atoms with E-state index in [1.807, 2.05) is 19.1 Å². The topological polar surface area (TPSA) is 18.5 Å². The molecule has 0 N–H and O–H groups in total. The Morgan fingerprint density at radius 2 is 2.07 bits per heavy atom. The lowest BCUT2D eigenvalue weighted by Crippen LogP contribution is -2.31. The fourth-order valence-electron chi connectivity index (χ4n) is 1.40. The highest BCUT2D eigenvalue weighted by Gasteiger charge is 2.29. The summed E-state index contributed by atoms with van der Waals surface area (Å²) < 4.78 is 10.8. The van der Waals surface area contributed by atoms with Crippen LogP contribution < -0.4 is 9.92 Å². The van der Waals surface area contributed by atoms with E-state index >= 15 is 0 Å². The van der Waals surface area contributed by atoms with E-state index in [2.05, 4.69) is 0 Å². The van der Waals surface area contributed by atoms with E-state index in [0.717, 1.165) is 16.5 Å². The highest BCUT2D eigenvalue weighted by Crippen LogP contribution is 2.27. The average Bonchev–Trinajstić information content (AvgIpc) is 2.15. The fourth-order valence-corrected chi connectivity index (χ4v) is 3.07. The Bertz CT molecular complexity index is 378. The maximum Gasteiger partial charge on any atom is 0.372 e. The monoisotopic (exact) mass is 282 g/mol. The van der Waals surface area contributed by atoms with Gasteiger partial charge in [-0.05, 0) is 18.2 Å². The van der Waals surface area contributed by atoms with Crippen molar-refractivity contribution in [2.45, 2.75) is 19.8 Å². The van der Waals surface area contributed by atoms with Crippen LogP contribution in [0.15, 0.2) is 18.2 Å². The third-order valence-electron chi connectivity index (χ3n) is 2.15. The molecule has 1 heterocycles. The number of benzene rings is 1. The SMILES string of the molecule is CC1OCc2cc([Si](Cl)(Cl)Cl)ccc2O1. The highest BCUT2D eigenvalue weighted by atomic mass is 35.8. The molecule has 0 aromatic heterocycles. The minimum atomic E-state index is -2.80. The van der Waals surface area contributed by atoms with E-state index in [1.54, 1.807) is 6.07 Å². The molecule has 0 fully saturated rings. The van der Waals surface area contributed by atoms with Crippen LogP contribution in [0.25, 0.3) is 0 Å². The number of fused-ring (bicyclic) bond motifs is 1. The van der Waals surface area contributed by atoms with Gasteiger partial charge in [0.05, 0.1) is 6.61 Å². The van der Waals surface area contributed by atoms with Crippen molar-refractivity contribution in [1.29, 1.82) is 0 Å². The molecule has 0 aliphatic carbocycles. The molecule has 0 spiro atoms. The first-order chi connectivity index (χ1) is 6.97. The van der Waals surface area contributed by atoms with Crippen molar-refractivity contribution in [3.05, 3.63) is 23.8 Å². The zero-order valence-electron chi connectivity index (χ0n) is 7.97. The van der Waals surface area contributed by atoms with Crippen LogP contribution in [0.2, 0.25) is 0 Å². The molecule has 1 aliphatic rings. The molecule has 15 heavy (non-hydrogen) atoms. The smallest absolute Gasteiger partial charge is 0.372 e. The van der Waals surface area contributed by atoms with Gasteiger partial charge in [0, 0.05) is 5.56 Å². The molecule has 1 unspecified atom stereocenters. The van der Waals surface area contributed by atoms with Gasteiger partial charge in [-0.25, -0.2) is 0 Å². The van der Waals surface area contributed by atoms with E-state index in [4.69, 9.17) is 42.7 Å². The number of rotatable bonds is 1. The van der Waals surface area contributed by atoms with Crippen LogP contribution in [0.3, 0.4) is 0 Å². The second-order valence-electron chi connectivity index (χ2n) is 3.32. The average molecular weight is 284 g/mol. The predicted octanol–water partition coefficient (Wildman–Crippen LogP) is 2.80. The normalized spacial score (nSPS) is 20.7. The number of ether oxygens (including phenoxy) is 2. The number of hydrogen-bond acceptors (Lipinski definition) is 2. The molecule has 0 bridgehead atoms. The summed E-state index contributed by atoms with van der Waals surface area (Å²) in [5, 5.41) is 0.757. The predicted molar refractivity (Wildman–Crippen MR) is 64.3 cm³/mol. The fraction of sp³-hybridized carbons (Fsp3) is 0.333. The van der Waals surface area contributed by atoms with Gasteiger partial charge >= 0.3 is 6.00 Å². The first-order valence-corrected chi connectivity index (χ1v) is 9.49. The lowest BCUT2D eigenvalue weighted by Gasteiger charge is -2.24. The molecule has 2 rings (SSSR count).